The van der Waals surface area contributed by atoms with Gasteiger partial charge in [0.2, 0.25) is 0 Å². The topological polar surface area (TPSA) is 66.0 Å². The number of carbonyl (C=O) groups is 1. The molecule has 6 nitrogen and oxygen atoms in total. The summed E-state index contributed by atoms with van der Waals surface area (Å²) in [6.07, 6.45) is -0.641. The molecule has 0 aliphatic heterocycles. The Morgan fingerprint density at radius 1 is 0.960 bits per heavy atom. The summed E-state index contributed by atoms with van der Waals surface area (Å²) >= 11 is 0. The van der Waals surface area contributed by atoms with Gasteiger partial charge < -0.3 is 24.3 Å². The van der Waals surface area contributed by atoms with Crippen molar-refractivity contribution in [2.75, 3.05) is 27.4 Å². The van der Waals surface area contributed by atoms with E-state index in [1.807, 2.05) is 36.4 Å². The molecule has 1 N–H and O–H groups in total. The summed E-state index contributed by atoms with van der Waals surface area (Å²) in [5.41, 5.74) is 0. The van der Waals surface area contributed by atoms with E-state index in [-0.39, 0.29) is 5.91 Å². The number of hydrogen-bond donors (Lipinski definition) is 1. The molecule has 0 saturated carbocycles. The number of amides is 1. The summed E-state index contributed by atoms with van der Waals surface area (Å²) in [7, 11) is 3.17. The molecule has 2 rings (SSSR count). The van der Waals surface area contributed by atoms with Gasteiger partial charge in [0, 0.05) is 0 Å². The van der Waals surface area contributed by atoms with Gasteiger partial charge in [0.25, 0.3) is 5.91 Å². The molecule has 134 valence electrons. The number of para-hydroxylation sites is 2. The van der Waals surface area contributed by atoms with Gasteiger partial charge in [-0.2, -0.15) is 0 Å². The normalized spacial score (nSPS) is 11.3. The Morgan fingerprint density at radius 3 is 2.24 bits per heavy atom. The molecular weight excluding hydrogens is 322 g/mol. The zero-order chi connectivity index (χ0) is 18.1. The third-order valence-electron chi connectivity index (χ3n) is 3.47. The predicted molar refractivity (Wildman–Crippen MR) is 94.6 cm³/mol. The number of hydrogen-bond acceptors (Lipinski definition) is 5. The summed E-state index contributed by atoms with van der Waals surface area (Å²) < 4.78 is 21.5. The van der Waals surface area contributed by atoms with Crippen molar-refractivity contribution in [1.82, 2.24) is 5.32 Å². The van der Waals surface area contributed by atoms with E-state index in [2.05, 4.69) is 5.32 Å². The lowest BCUT2D eigenvalue weighted by molar-refractivity contribution is -0.127. The maximum absolute atomic E-state index is 12.1. The molecule has 1 atom stereocenters. The smallest absolute Gasteiger partial charge is 0.260 e. The van der Waals surface area contributed by atoms with Crippen LogP contribution in [0.15, 0.2) is 48.5 Å². The lowest BCUT2D eigenvalue weighted by atomic mass is 10.3. The minimum Gasteiger partial charge on any atom is -0.497 e. The Kier molecular flexibility index (Phi) is 6.95. The fraction of sp³-hybridized carbons (Fsp3) is 0.316. The lowest BCUT2D eigenvalue weighted by Gasteiger charge is -2.16. The van der Waals surface area contributed by atoms with E-state index in [0.717, 1.165) is 5.75 Å². The summed E-state index contributed by atoms with van der Waals surface area (Å²) in [6.45, 7) is 2.43. The standard InChI is InChI=1S/C19H23NO5/c1-14(25-18-7-5-4-6-17(18)23-3)19(21)20-12-13-24-16-10-8-15(22-2)9-11-16/h4-11,14H,12-13H2,1-3H3,(H,20,21)/t14-/m0/s1. The summed E-state index contributed by atoms with van der Waals surface area (Å²) in [6, 6.07) is 14.5. The summed E-state index contributed by atoms with van der Waals surface area (Å²) in [5.74, 6) is 2.38. The van der Waals surface area contributed by atoms with Gasteiger partial charge >= 0.3 is 0 Å². The number of ether oxygens (including phenoxy) is 4. The summed E-state index contributed by atoms with van der Waals surface area (Å²) in [4.78, 5) is 12.1. The summed E-state index contributed by atoms with van der Waals surface area (Å²) in [5, 5.41) is 2.78. The predicted octanol–water partition coefficient (Wildman–Crippen LogP) is 2.67. The van der Waals surface area contributed by atoms with E-state index in [0.29, 0.717) is 30.4 Å². The van der Waals surface area contributed by atoms with Crippen molar-refractivity contribution in [3.63, 3.8) is 0 Å². The van der Waals surface area contributed by atoms with Crippen molar-refractivity contribution >= 4 is 5.91 Å². The SMILES string of the molecule is COc1ccc(OCCNC(=O)[C@H](C)Oc2ccccc2OC)cc1. The number of carbonyl (C=O) groups excluding carboxylic acids is 1. The molecule has 0 fully saturated rings. The molecule has 2 aromatic rings. The Morgan fingerprint density at radius 2 is 1.60 bits per heavy atom. The van der Waals surface area contributed by atoms with Gasteiger partial charge in [-0.25, -0.2) is 0 Å². The van der Waals surface area contributed by atoms with Crippen LogP contribution in [0.5, 0.6) is 23.0 Å². The van der Waals surface area contributed by atoms with Crippen molar-refractivity contribution in [3.8, 4) is 23.0 Å². The highest BCUT2D eigenvalue weighted by Gasteiger charge is 2.16. The van der Waals surface area contributed by atoms with Crippen molar-refractivity contribution in [1.29, 1.82) is 0 Å². The molecule has 2 aromatic carbocycles. The molecule has 0 aliphatic rings. The molecule has 0 saturated heterocycles. The van der Waals surface area contributed by atoms with E-state index in [9.17, 15) is 4.79 Å². The Hall–Kier alpha value is -2.89. The number of rotatable bonds is 9. The van der Waals surface area contributed by atoms with Crippen molar-refractivity contribution in [2.45, 2.75) is 13.0 Å². The molecule has 0 aliphatic carbocycles. The minimum absolute atomic E-state index is 0.218. The van der Waals surface area contributed by atoms with Gasteiger partial charge in [-0.3, -0.25) is 4.79 Å². The number of methoxy groups -OCH3 is 2. The molecule has 0 aromatic heterocycles. The Bertz CT molecular complexity index is 672. The zero-order valence-corrected chi connectivity index (χ0v) is 14.7. The molecule has 0 spiro atoms. The van der Waals surface area contributed by atoms with Crippen LogP contribution in [0, 0.1) is 0 Å². The molecule has 0 unspecified atom stereocenters. The van der Waals surface area contributed by atoms with E-state index < -0.39 is 6.10 Å². The molecule has 1 amide bonds. The van der Waals surface area contributed by atoms with E-state index in [1.165, 1.54) is 0 Å². The molecular formula is C19H23NO5. The fourth-order valence-electron chi connectivity index (χ4n) is 2.12. The third kappa shape index (κ3) is 5.60. The Balaban J connectivity index is 1.73. The van der Waals surface area contributed by atoms with Crippen LogP contribution >= 0.6 is 0 Å². The van der Waals surface area contributed by atoms with Crippen LogP contribution < -0.4 is 24.3 Å². The molecule has 0 radical (unpaired) electrons. The largest absolute Gasteiger partial charge is 0.497 e. The first-order valence-corrected chi connectivity index (χ1v) is 7.98. The first kappa shape index (κ1) is 18.4. The minimum atomic E-state index is -0.641. The van der Waals surface area contributed by atoms with Gasteiger partial charge in [0.15, 0.2) is 17.6 Å². The number of benzene rings is 2. The van der Waals surface area contributed by atoms with Crippen LogP contribution in [0.25, 0.3) is 0 Å². The van der Waals surface area contributed by atoms with E-state index >= 15 is 0 Å². The highest BCUT2D eigenvalue weighted by Crippen LogP contribution is 2.26. The molecule has 6 heteroatoms. The van der Waals surface area contributed by atoms with Crippen molar-refractivity contribution < 1.29 is 23.7 Å². The first-order valence-electron chi connectivity index (χ1n) is 7.98. The first-order chi connectivity index (χ1) is 12.1. The van der Waals surface area contributed by atoms with Crippen LogP contribution in [-0.4, -0.2) is 39.4 Å². The fourth-order valence-corrected chi connectivity index (χ4v) is 2.12. The Labute approximate surface area is 147 Å². The van der Waals surface area contributed by atoms with E-state index in [1.54, 1.807) is 33.3 Å². The van der Waals surface area contributed by atoms with E-state index in [4.69, 9.17) is 18.9 Å². The average Bonchev–Trinajstić information content (AvgIpc) is 2.65. The van der Waals surface area contributed by atoms with Gasteiger partial charge in [0.1, 0.15) is 18.1 Å². The third-order valence-corrected chi connectivity index (χ3v) is 3.47. The maximum atomic E-state index is 12.1. The molecule has 0 heterocycles. The zero-order valence-electron chi connectivity index (χ0n) is 14.7. The second-order valence-corrected chi connectivity index (χ2v) is 5.23. The highest BCUT2D eigenvalue weighted by atomic mass is 16.5. The second-order valence-electron chi connectivity index (χ2n) is 5.23. The molecule has 25 heavy (non-hydrogen) atoms. The lowest BCUT2D eigenvalue weighted by Crippen LogP contribution is -2.38. The van der Waals surface area contributed by atoms with Crippen LogP contribution in [0.4, 0.5) is 0 Å². The monoisotopic (exact) mass is 345 g/mol. The number of nitrogens with one attached hydrogen (secondary N) is 1. The van der Waals surface area contributed by atoms with Crippen molar-refractivity contribution in [2.24, 2.45) is 0 Å². The van der Waals surface area contributed by atoms with Gasteiger partial charge in [-0.15, -0.1) is 0 Å². The second kappa shape index (κ2) is 9.42. The molecule has 0 bridgehead atoms. The van der Waals surface area contributed by atoms with Gasteiger partial charge in [-0.1, -0.05) is 12.1 Å². The average molecular weight is 345 g/mol. The van der Waals surface area contributed by atoms with Gasteiger partial charge in [-0.05, 0) is 43.3 Å². The maximum Gasteiger partial charge on any atom is 0.260 e. The quantitative estimate of drug-likeness (QED) is 0.708. The van der Waals surface area contributed by atoms with Crippen LogP contribution in [0.2, 0.25) is 0 Å². The highest BCUT2D eigenvalue weighted by molar-refractivity contribution is 5.80. The van der Waals surface area contributed by atoms with Crippen LogP contribution in [0.3, 0.4) is 0 Å². The van der Waals surface area contributed by atoms with Crippen molar-refractivity contribution in [3.05, 3.63) is 48.5 Å². The van der Waals surface area contributed by atoms with Crippen LogP contribution in [-0.2, 0) is 4.79 Å². The van der Waals surface area contributed by atoms with Gasteiger partial charge in [0.05, 0.1) is 20.8 Å². The van der Waals surface area contributed by atoms with Crippen LogP contribution in [0.1, 0.15) is 6.92 Å².